The van der Waals surface area contributed by atoms with Crippen LogP contribution < -0.4 is 5.32 Å². The molecule has 0 aliphatic heterocycles. The standard InChI is InChI=1S/C12H13FN2O3/c1-2-3-4-7-14-12(16)10-6-5-9(13)8-11(10)15(17)18/h2-3,5-6,8H,4,7H2,1H3,(H,14,16)/b3-2+. The molecule has 1 amide bonds. The molecular weight excluding hydrogens is 239 g/mol. The van der Waals surface area contributed by atoms with E-state index in [4.69, 9.17) is 0 Å². The summed E-state index contributed by atoms with van der Waals surface area (Å²) in [7, 11) is 0. The fourth-order valence-electron chi connectivity index (χ4n) is 1.38. The zero-order valence-electron chi connectivity index (χ0n) is 9.85. The van der Waals surface area contributed by atoms with Crippen molar-refractivity contribution in [3.05, 3.63) is 51.8 Å². The highest BCUT2D eigenvalue weighted by atomic mass is 19.1. The third-order valence-electron chi connectivity index (χ3n) is 2.23. The van der Waals surface area contributed by atoms with Gasteiger partial charge in [-0.2, -0.15) is 0 Å². The third-order valence-corrected chi connectivity index (χ3v) is 2.23. The molecule has 0 unspecified atom stereocenters. The molecule has 0 radical (unpaired) electrons. The molecule has 0 bridgehead atoms. The zero-order valence-corrected chi connectivity index (χ0v) is 9.85. The van der Waals surface area contributed by atoms with E-state index in [2.05, 4.69) is 5.32 Å². The highest BCUT2D eigenvalue weighted by Crippen LogP contribution is 2.19. The first-order chi connectivity index (χ1) is 8.56. The number of carbonyl (C=O) groups is 1. The van der Waals surface area contributed by atoms with Crippen molar-refractivity contribution in [1.29, 1.82) is 0 Å². The summed E-state index contributed by atoms with van der Waals surface area (Å²) in [5.74, 6) is -1.32. The van der Waals surface area contributed by atoms with Crippen LogP contribution in [0, 0.1) is 15.9 Å². The van der Waals surface area contributed by atoms with Gasteiger partial charge < -0.3 is 5.32 Å². The van der Waals surface area contributed by atoms with Crippen LogP contribution in [0.3, 0.4) is 0 Å². The lowest BCUT2D eigenvalue weighted by molar-refractivity contribution is -0.385. The fraction of sp³-hybridized carbons (Fsp3) is 0.250. The summed E-state index contributed by atoms with van der Waals surface area (Å²) >= 11 is 0. The van der Waals surface area contributed by atoms with E-state index in [-0.39, 0.29) is 5.56 Å². The maximum atomic E-state index is 12.9. The Morgan fingerprint density at radius 3 is 2.89 bits per heavy atom. The first-order valence-corrected chi connectivity index (χ1v) is 5.39. The number of amides is 1. The molecule has 0 saturated carbocycles. The van der Waals surface area contributed by atoms with Crippen molar-refractivity contribution < 1.29 is 14.1 Å². The van der Waals surface area contributed by atoms with Gasteiger partial charge in [-0.3, -0.25) is 14.9 Å². The summed E-state index contributed by atoms with van der Waals surface area (Å²) in [6, 6.07) is 2.87. The lowest BCUT2D eigenvalue weighted by Crippen LogP contribution is -2.25. The number of halogens is 1. The highest BCUT2D eigenvalue weighted by molar-refractivity contribution is 5.98. The monoisotopic (exact) mass is 252 g/mol. The largest absolute Gasteiger partial charge is 0.352 e. The van der Waals surface area contributed by atoms with E-state index in [1.165, 1.54) is 0 Å². The van der Waals surface area contributed by atoms with Crippen LogP contribution in [0.1, 0.15) is 23.7 Å². The van der Waals surface area contributed by atoms with Crippen molar-refractivity contribution in [2.75, 3.05) is 6.54 Å². The molecule has 0 aromatic heterocycles. The van der Waals surface area contributed by atoms with E-state index in [0.29, 0.717) is 13.0 Å². The van der Waals surface area contributed by atoms with Crippen LogP contribution in [0.4, 0.5) is 10.1 Å². The van der Waals surface area contributed by atoms with Gasteiger partial charge in [-0.1, -0.05) is 12.2 Å². The lowest BCUT2D eigenvalue weighted by atomic mass is 10.1. The van der Waals surface area contributed by atoms with Crippen LogP contribution in [0.15, 0.2) is 30.4 Å². The Morgan fingerprint density at radius 1 is 1.56 bits per heavy atom. The molecule has 1 N–H and O–H groups in total. The van der Waals surface area contributed by atoms with Gasteiger partial charge >= 0.3 is 0 Å². The summed E-state index contributed by atoms with van der Waals surface area (Å²) in [5, 5.41) is 13.2. The summed E-state index contributed by atoms with van der Waals surface area (Å²) in [6.45, 7) is 2.23. The van der Waals surface area contributed by atoms with Crippen LogP contribution in [-0.2, 0) is 0 Å². The minimum Gasteiger partial charge on any atom is -0.352 e. The van der Waals surface area contributed by atoms with Crippen molar-refractivity contribution in [1.82, 2.24) is 5.32 Å². The molecule has 0 spiro atoms. The normalized spacial score (nSPS) is 10.6. The zero-order chi connectivity index (χ0) is 13.5. The quantitative estimate of drug-likeness (QED) is 0.378. The van der Waals surface area contributed by atoms with Crippen molar-refractivity contribution in [3.8, 4) is 0 Å². The second-order valence-electron chi connectivity index (χ2n) is 3.53. The molecule has 0 aliphatic rings. The molecule has 0 aliphatic carbocycles. The lowest BCUT2D eigenvalue weighted by Gasteiger charge is -2.04. The second kappa shape index (κ2) is 6.48. The number of hydrogen-bond acceptors (Lipinski definition) is 3. The van der Waals surface area contributed by atoms with Crippen LogP contribution in [-0.4, -0.2) is 17.4 Å². The van der Waals surface area contributed by atoms with E-state index in [0.717, 1.165) is 18.2 Å². The predicted octanol–water partition coefficient (Wildman–Crippen LogP) is 2.43. The molecule has 1 aromatic carbocycles. The molecule has 6 heteroatoms. The van der Waals surface area contributed by atoms with Crippen molar-refractivity contribution in [2.24, 2.45) is 0 Å². The highest BCUT2D eigenvalue weighted by Gasteiger charge is 2.20. The van der Waals surface area contributed by atoms with E-state index in [1.54, 1.807) is 0 Å². The molecular formula is C12H13FN2O3. The predicted molar refractivity (Wildman–Crippen MR) is 64.8 cm³/mol. The summed E-state index contributed by atoms with van der Waals surface area (Å²) in [5.41, 5.74) is -0.666. The van der Waals surface area contributed by atoms with E-state index < -0.39 is 22.3 Å². The first-order valence-electron chi connectivity index (χ1n) is 5.39. The Bertz CT molecular complexity index is 486. The van der Waals surface area contributed by atoms with Gasteiger partial charge in [0.15, 0.2) is 0 Å². The number of hydrogen-bond donors (Lipinski definition) is 1. The average molecular weight is 252 g/mol. The van der Waals surface area contributed by atoms with Crippen LogP contribution in [0.2, 0.25) is 0 Å². The Morgan fingerprint density at radius 2 is 2.28 bits per heavy atom. The molecule has 1 rings (SSSR count). The van der Waals surface area contributed by atoms with Gasteiger partial charge in [0, 0.05) is 6.54 Å². The molecule has 1 aromatic rings. The van der Waals surface area contributed by atoms with Gasteiger partial charge in [-0.25, -0.2) is 4.39 Å². The van der Waals surface area contributed by atoms with Gasteiger partial charge in [-0.05, 0) is 25.5 Å². The van der Waals surface area contributed by atoms with E-state index in [1.807, 2.05) is 19.1 Å². The Balaban J connectivity index is 2.82. The molecule has 0 heterocycles. The number of nitrogens with zero attached hydrogens (tertiary/aromatic N) is 1. The number of nitro groups is 1. The molecule has 5 nitrogen and oxygen atoms in total. The SMILES string of the molecule is C/C=C/CCNC(=O)c1ccc(F)cc1[N+](=O)[O-]. The Labute approximate surface area is 103 Å². The molecule has 0 saturated heterocycles. The molecule has 96 valence electrons. The van der Waals surface area contributed by atoms with E-state index >= 15 is 0 Å². The van der Waals surface area contributed by atoms with Crippen LogP contribution >= 0.6 is 0 Å². The first kappa shape index (κ1) is 13.8. The average Bonchev–Trinajstić information content (AvgIpc) is 2.34. The van der Waals surface area contributed by atoms with Gasteiger partial charge in [0.2, 0.25) is 0 Å². The van der Waals surface area contributed by atoms with Crippen molar-refractivity contribution in [3.63, 3.8) is 0 Å². The molecule has 18 heavy (non-hydrogen) atoms. The Hall–Kier alpha value is -2.24. The van der Waals surface area contributed by atoms with Crippen molar-refractivity contribution >= 4 is 11.6 Å². The van der Waals surface area contributed by atoms with Crippen LogP contribution in [0.25, 0.3) is 0 Å². The summed E-state index contributed by atoms with van der Waals surface area (Å²) < 4.78 is 12.9. The summed E-state index contributed by atoms with van der Waals surface area (Å²) in [4.78, 5) is 21.6. The number of carbonyl (C=O) groups excluding carboxylic acids is 1. The second-order valence-corrected chi connectivity index (χ2v) is 3.53. The van der Waals surface area contributed by atoms with Crippen LogP contribution in [0.5, 0.6) is 0 Å². The van der Waals surface area contributed by atoms with Gasteiger partial charge in [0.25, 0.3) is 11.6 Å². The number of allylic oxidation sites excluding steroid dienone is 1. The third kappa shape index (κ3) is 3.65. The maximum Gasteiger partial charge on any atom is 0.285 e. The number of rotatable bonds is 5. The number of nitro benzene ring substituents is 1. The van der Waals surface area contributed by atoms with Gasteiger partial charge in [0.1, 0.15) is 11.4 Å². The number of benzene rings is 1. The molecule has 0 atom stereocenters. The van der Waals surface area contributed by atoms with E-state index in [9.17, 15) is 19.3 Å². The fourth-order valence-corrected chi connectivity index (χ4v) is 1.38. The maximum absolute atomic E-state index is 12.9. The Kier molecular flexibility index (Phi) is 4.98. The molecule has 0 fully saturated rings. The smallest absolute Gasteiger partial charge is 0.285 e. The van der Waals surface area contributed by atoms with Crippen molar-refractivity contribution in [2.45, 2.75) is 13.3 Å². The topological polar surface area (TPSA) is 72.2 Å². The number of nitrogens with one attached hydrogen (secondary N) is 1. The summed E-state index contributed by atoms with van der Waals surface area (Å²) in [6.07, 6.45) is 4.34. The minimum atomic E-state index is -0.774. The van der Waals surface area contributed by atoms with Gasteiger partial charge in [-0.15, -0.1) is 0 Å². The van der Waals surface area contributed by atoms with Gasteiger partial charge in [0.05, 0.1) is 11.0 Å². The minimum absolute atomic E-state index is 0.137.